The Labute approximate surface area is 148 Å². The number of aliphatic hydroxyl groups excluding tert-OH is 1. The first-order chi connectivity index (χ1) is 12.3. The summed E-state index contributed by atoms with van der Waals surface area (Å²) in [4.78, 5) is 0. The van der Waals surface area contributed by atoms with Gasteiger partial charge >= 0.3 is 0 Å². The third kappa shape index (κ3) is 4.87. The van der Waals surface area contributed by atoms with Crippen molar-refractivity contribution in [2.45, 2.75) is 37.8 Å². The van der Waals surface area contributed by atoms with Crippen LogP contribution >= 0.6 is 0 Å². The van der Waals surface area contributed by atoms with E-state index in [1.807, 2.05) is 60.7 Å². The largest absolute Gasteiger partial charge is 0.374 e. The fraction of sp³-hybridized carbons (Fsp3) is 0.400. The fourth-order valence-electron chi connectivity index (χ4n) is 2.93. The van der Waals surface area contributed by atoms with E-state index in [1.165, 1.54) is 0 Å². The molecule has 5 nitrogen and oxygen atoms in total. The van der Waals surface area contributed by atoms with Gasteiger partial charge in [0.2, 0.25) is 0 Å². The molecule has 1 saturated heterocycles. The maximum absolute atomic E-state index is 10.1. The summed E-state index contributed by atoms with van der Waals surface area (Å²) in [5.74, 6) is 0. The smallest absolute Gasteiger partial charge is 0.184 e. The number of hydrogen-bond acceptors (Lipinski definition) is 5. The molecule has 1 heterocycles. The Kier molecular flexibility index (Phi) is 6.55. The van der Waals surface area contributed by atoms with Gasteiger partial charge in [-0.3, -0.25) is 0 Å². The van der Waals surface area contributed by atoms with Crippen LogP contribution in [0.2, 0.25) is 0 Å². The zero-order valence-corrected chi connectivity index (χ0v) is 14.3. The number of methoxy groups -OCH3 is 1. The van der Waals surface area contributed by atoms with E-state index in [0.717, 1.165) is 11.1 Å². The molecular formula is C20H24O5. The predicted octanol–water partition coefficient (Wildman–Crippen LogP) is 2.52. The van der Waals surface area contributed by atoms with Crippen molar-refractivity contribution in [1.82, 2.24) is 0 Å². The van der Waals surface area contributed by atoms with Crippen LogP contribution in [0.3, 0.4) is 0 Å². The maximum atomic E-state index is 10.1. The summed E-state index contributed by atoms with van der Waals surface area (Å²) in [5.41, 5.74) is 2.15. The molecule has 0 aromatic heterocycles. The Bertz CT molecular complexity index is 618. The van der Waals surface area contributed by atoms with Gasteiger partial charge in [-0.25, -0.2) is 0 Å². The van der Waals surface area contributed by atoms with E-state index in [4.69, 9.17) is 18.9 Å². The lowest BCUT2D eigenvalue weighted by Gasteiger charge is -2.22. The molecule has 3 rings (SSSR count). The van der Waals surface area contributed by atoms with Crippen LogP contribution in [-0.2, 0) is 32.2 Å². The molecule has 1 unspecified atom stereocenters. The van der Waals surface area contributed by atoms with Gasteiger partial charge in [-0.1, -0.05) is 60.7 Å². The van der Waals surface area contributed by atoms with Gasteiger partial charge in [0.25, 0.3) is 0 Å². The molecule has 1 fully saturated rings. The molecule has 0 amide bonds. The van der Waals surface area contributed by atoms with E-state index in [0.29, 0.717) is 19.8 Å². The van der Waals surface area contributed by atoms with E-state index >= 15 is 0 Å². The van der Waals surface area contributed by atoms with Gasteiger partial charge in [-0.05, 0) is 11.1 Å². The van der Waals surface area contributed by atoms with Crippen molar-refractivity contribution in [1.29, 1.82) is 0 Å². The summed E-state index contributed by atoms with van der Waals surface area (Å²) in [6.07, 6.45) is -2.33. The second-order valence-electron chi connectivity index (χ2n) is 6.03. The Morgan fingerprint density at radius 1 is 0.880 bits per heavy atom. The van der Waals surface area contributed by atoms with Gasteiger partial charge in [0, 0.05) is 7.11 Å². The molecule has 0 aliphatic carbocycles. The highest BCUT2D eigenvalue weighted by molar-refractivity contribution is 5.14. The van der Waals surface area contributed by atoms with Crippen molar-refractivity contribution in [3.05, 3.63) is 71.8 Å². The van der Waals surface area contributed by atoms with Gasteiger partial charge in [0.1, 0.15) is 18.3 Å². The Balaban J connectivity index is 1.56. The van der Waals surface area contributed by atoms with E-state index < -0.39 is 18.5 Å². The number of ether oxygens (including phenoxy) is 4. The Morgan fingerprint density at radius 2 is 1.48 bits per heavy atom. The highest BCUT2D eigenvalue weighted by Crippen LogP contribution is 2.26. The molecule has 2 aromatic carbocycles. The molecule has 0 saturated carbocycles. The molecule has 1 aliphatic heterocycles. The van der Waals surface area contributed by atoms with Gasteiger partial charge in [0.15, 0.2) is 6.29 Å². The van der Waals surface area contributed by atoms with Crippen LogP contribution in [0, 0.1) is 0 Å². The maximum Gasteiger partial charge on any atom is 0.184 e. The Hall–Kier alpha value is -1.76. The zero-order chi connectivity index (χ0) is 17.5. The molecule has 134 valence electrons. The monoisotopic (exact) mass is 344 g/mol. The van der Waals surface area contributed by atoms with Gasteiger partial charge in [-0.15, -0.1) is 0 Å². The summed E-state index contributed by atoms with van der Waals surface area (Å²) < 4.78 is 22.7. The lowest BCUT2D eigenvalue weighted by Crippen LogP contribution is -2.38. The van der Waals surface area contributed by atoms with Crippen LogP contribution in [0.1, 0.15) is 11.1 Å². The zero-order valence-electron chi connectivity index (χ0n) is 14.3. The SMILES string of the molecule is CO[C@H]1C(O)O[C@H](COCc2ccccc2)[C@H]1OCc1ccccc1. The van der Waals surface area contributed by atoms with Crippen LogP contribution in [0.15, 0.2) is 60.7 Å². The molecule has 4 atom stereocenters. The molecule has 0 bridgehead atoms. The molecule has 0 radical (unpaired) electrons. The number of aliphatic hydroxyl groups is 1. The molecule has 2 aromatic rings. The van der Waals surface area contributed by atoms with E-state index in [1.54, 1.807) is 7.11 Å². The highest BCUT2D eigenvalue weighted by atomic mass is 16.7. The van der Waals surface area contributed by atoms with E-state index in [2.05, 4.69) is 0 Å². The number of benzene rings is 2. The standard InChI is InChI=1S/C20H24O5/c1-22-19-18(24-13-16-10-6-3-7-11-16)17(25-20(19)21)14-23-12-15-8-4-2-5-9-15/h2-11,17-21H,12-14H2,1H3/t17-,18-,19-,20?/m1/s1. The molecule has 5 heteroatoms. The minimum Gasteiger partial charge on any atom is -0.374 e. The summed E-state index contributed by atoms with van der Waals surface area (Å²) in [6, 6.07) is 19.8. The lowest BCUT2D eigenvalue weighted by atomic mass is 10.1. The quantitative estimate of drug-likeness (QED) is 0.797. The van der Waals surface area contributed by atoms with Crippen LogP contribution in [-0.4, -0.2) is 43.4 Å². The van der Waals surface area contributed by atoms with Gasteiger partial charge in [0.05, 0.1) is 19.8 Å². The summed E-state index contributed by atoms with van der Waals surface area (Å²) >= 11 is 0. The first-order valence-corrected chi connectivity index (χ1v) is 8.41. The van der Waals surface area contributed by atoms with Crippen molar-refractivity contribution in [2.24, 2.45) is 0 Å². The van der Waals surface area contributed by atoms with Gasteiger partial charge < -0.3 is 24.1 Å². The third-order valence-electron chi connectivity index (χ3n) is 4.24. The van der Waals surface area contributed by atoms with Crippen molar-refractivity contribution in [3.8, 4) is 0 Å². The topological polar surface area (TPSA) is 57.2 Å². The van der Waals surface area contributed by atoms with Crippen LogP contribution in [0.4, 0.5) is 0 Å². The summed E-state index contributed by atoms with van der Waals surface area (Å²) in [6.45, 7) is 1.24. The fourth-order valence-corrected chi connectivity index (χ4v) is 2.93. The minimum atomic E-state index is -1.02. The van der Waals surface area contributed by atoms with E-state index in [9.17, 15) is 5.11 Å². The molecule has 0 spiro atoms. The number of hydrogen-bond donors (Lipinski definition) is 1. The number of rotatable bonds is 8. The average molecular weight is 344 g/mol. The van der Waals surface area contributed by atoms with Crippen LogP contribution < -0.4 is 0 Å². The predicted molar refractivity (Wildman–Crippen MR) is 92.8 cm³/mol. The first kappa shape index (κ1) is 18.0. The van der Waals surface area contributed by atoms with Crippen molar-refractivity contribution in [2.75, 3.05) is 13.7 Å². The molecular weight excluding hydrogens is 320 g/mol. The first-order valence-electron chi connectivity index (χ1n) is 8.41. The second-order valence-corrected chi connectivity index (χ2v) is 6.03. The highest BCUT2D eigenvalue weighted by Gasteiger charge is 2.45. The normalized spacial score (nSPS) is 26.0. The molecule has 1 N–H and O–H groups in total. The average Bonchev–Trinajstić information content (AvgIpc) is 2.96. The van der Waals surface area contributed by atoms with Crippen LogP contribution in [0.5, 0.6) is 0 Å². The van der Waals surface area contributed by atoms with Gasteiger partial charge in [-0.2, -0.15) is 0 Å². The summed E-state index contributed by atoms with van der Waals surface area (Å²) in [7, 11) is 1.54. The van der Waals surface area contributed by atoms with Crippen molar-refractivity contribution < 1.29 is 24.1 Å². The summed E-state index contributed by atoms with van der Waals surface area (Å²) in [5, 5.41) is 10.1. The third-order valence-corrected chi connectivity index (χ3v) is 4.24. The van der Waals surface area contributed by atoms with Crippen molar-refractivity contribution in [3.63, 3.8) is 0 Å². The molecule has 1 aliphatic rings. The molecule has 25 heavy (non-hydrogen) atoms. The van der Waals surface area contributed by atoms with Crippen molar-refractivity contribution >= 4 is 0 Å². The minimum absolute atomic E-state index is 0.325. The van der Waals surface area contributed by atoms with Crippen LogP contribution in [0.25, 0.3) is 0 Å². The lowest BCUT2D eigenvalue weighted by molar-refractivity contribution is -0.143. The Morgan fingerprint density at radius 3 is 2.08 bits per heavy atom. The van der Waals surface area contributed by atoms with E-state index in [-0.39, 0.29) is 6.10 Å². The second kappa shape index (κ2) is 9.08.